The SMILES string of the molecule is CC(F)C(F)C(F)C(F)C(C)F. The molecule has 4 unspecified atom stereocenters. The fourth-order valence-corrected chi connectivity index (χ4v) is 0.682. The first-order valence-corrected chi connectivity index (χ1v) is 3.58. The van der Waals surface area contributed by atoms with Gasteiger partial charge in [-0.3, -0.25) is 0 Å². The monoisotopic (exact) mass is 190 g/mol. The van der Waals surface area contributed by atoms with Crippen LogP contribution in [-0.4, -0.2) is 30.9 Å². The second kappa shape index (κ2) is 4.62. The summed E-state index contributed by atoms with van der Waals surface area (Å²) in [6, 6.07) is 0. The van der Waals surface area contributed by atoms with Gasteiger partial charge in [-0.1, -0.05) is 0 Å². The number of rotatable bonds is 4. The molecule has 0 aromatic carbocycles. The van der Waals surface area contributed by atoms with Gasteiger partial charge in [-0.05, 0) is 13.8 Å². The second-order valence-electron chi connectivity index (χ2n) is 2.69. The van der Waals surface area contributed by atoms with Crippen molar-refractivity contribution in [3.63, 3.8) is 0 Å². The Morgan fingerprint density at radius 3 is 1.00 bits per heavy atom. The lowest BCUT2D eigenvalue weighted by Crippen LogP contribution is -2.37. The standard InChI is InChI=1S/C7H11F5/c1-3(8)5(10)7(12)6(11)4(2)9/h3-7H,1-2H3. The van der Waals surface area contributed by atoms with Crippen molar-refractivity contribution in [1.82, 2.24) is 0 Å². The minimum absolute atomic E-state index is 0.757. The molecule has 0 aliphatic rings. The first-order chi connectivity index (χ1) is 5.37. The van der Waals surface area contributed by atoms with Crippen molar-refractivity contribution >= 4 is 0 Å². The maximum atomic E-state index is 12.5. The molecule has 4 atom stereocenters. The Morgan fingerprint density at radius 2 is 0.833 bits per heavy atom. The van der Waals surface area contributed by atoms with Gasteiger partial charge in [0.1, 0.15) is 12.3 Å². The van der Waals surface area contributed by atoms with Gasteiger partial charge in [-0.25, -0.2) is 22.0 Å². The average Bonchev–Trinajstić information content (AvgIpc) is 2.00. The topological polar surface area (TPSA) is 0 Å². The second-order valence-corrected chi connectivity index (χ2v) is 2.69. The van der Waals surface area contributed by atoms with Crippen molar-refractivity contribution in [3.05, 3.63) is 0 Å². The molecule has 0 N–H and O–H groups in total. The Morgan fingerprint density at radius 1 is 0.583 bits per heavy atom. The molecule has 0 heterocycles. The quantitative estimate of drug-likeness (QED) is 0.598. The molecule has 0 bridgehead atoms. The molecular weight excluding hydrogens is 179 g/mol. The molecule has 0 spiro atoms. The summed E-state index contributed by atoms with van der Waals surface area (Å²) in [6.45, 7) is 1.51. The van der Waals surface area contributed by atoms with Crippen LogP contribution in [0.5, 0.6) is 0 Å². The summed E-state index contributed by atoms with van der Waals surface area (Å²) in [4.78, 5) is 0. The van der Waals surface area contributed by atoms with Crippen molar-refractivity contribution in [1.29, 1.82) is 0 Å². The van der Waals surface area contributed by atoms with Gasteiger partial charge >= 0.3 is 0 Å². The summed E-state index contributed by atoms with van der Waals surface area (Å²) in [5.41, 5.74) is 0. The van der Waals surface area contributed by atoms with Gasteiger partial charge in [0.05, 0.1) is 0 Å². The summed E-state index contributed by atoms with van der Waals surface area (Å²) < 4.78 is 61.3. The molecule has 0 amide bonds. The van der Waals surface area contributed by atoms with Crippen LogP contribution in [0.25, 0.3) is 0 Å². The number of hydrogen-bond acceptors (Lipinski definition) is 0. The summed E-state index contributed by atoms with van der Waals surface area (Å²) in [5, 5.41) is 0. The molecule has 5 heteroatoms. The summed E-state index contributed by atoms with van der Waals surface area (Å²) in [5.74, 6) is 0. The molecule has 0 aliphatic carbocycles. The number of hydrogen-bond donors (Lipinski definition) is 0. The van der Waals surface area contributed by atoms with Crippen molar-refractivity contribution in [2.75, 3.05) is 0 Å². The van der Waals surface area contributed by atoms with Crippen LogP contribution in [0.15, 0.2) is 0 Å². The Bertz CT molecular complexity index is 111. The van der Waals surface area contributed by atoms with Crippen LogP contribution >= 0.6 is 0 Å². The predicted octanol–water partition coefficient (Wildman–Crippen LogP) is 2.72. The number of alkyl halides is 5. The van der Waals surface area contributed by atoms with E-state index in [0.717, 1.165) is 13.8 Å². The van der Waals surface area contributed by atoms with Crippen molar-refractivity contribution in [2.45, 2.75) is 44.7 Å². The molecule has 0 saturated heterocycles. The van der Waals surface area contributed by atoms with E-state index in [1.165, 1.54) is 0 Å². The highest BCUT2D eigenvalue weighted by molar-refractivity contribution is 4.83. The fourth-order valence-electron chi connectivity index (χ4n) is 0.682. The molecule has 0 aliphatic heterocycles. The van der Waals surface area contributed by atoms with Crippen molar-refractivity contribution in [2.24, 2.45) is 0 Å². The van der Waals surface area contributed by atoms with E-state index < -0.39 is 30.9 Å². The van der Waals surface area contributed by atoms with E-state index in [2.05, 4.69) is 0 Å². The van der Waals surface area contributed by atoms with Gasteiger partial charge in [0.2, 0.25) is 0 Å². The highest BCUT2D eigenvalue weighted by atomic mass is 19.2. The third-order valence-corrected chi connectivity index (χ3v) is 1.49. The lowest BCUT2D eigenvalue weighted by Gasteiger charge is -2.18. The van der Waals surface area contributed by atoms with Crippen molar-refractivity contribution < 1.29 is 22.0 Å². The Labute approximate surface area is 67.8 Å². The van der Waals surface area contributed by atoms with Crippen LogP contribution in [0.2, 0.25) is 0 Å². The molecular formula is C7H11F5. The van der Waals surface area contributed by atoms with Crippen LogP contribution in [0.3, 0.4) is 0 Å². The molecule has 0 radical (unpaired) electrons. The van der Waals surface area contributed by atoms with Crippen LogP contribution < -0.4 is 0 Å². The zero-order valence-electron chi connectivity index (χ0n) is 6.78. The summed E-state index contributed by atoms with van der Waals surface area (Å²) in [6.07, 6.45) is -12.2. The third-order valence-electron chi connectivity index (χ3n) is 1.49. The highest BCUT2D eigenvalue weighted by Gasteiger charge is 2.36. The molecule has 0 fully saturated rings. The van der Waals surface area contributed by atoms with Crippen LogP contribution in [-0.2, 0) is 0 Å². The summed E-state index contributed by atoms with van der Waals surface area (Å²) >= 11 is 0. The first kappa shape index (κ1) is 11.6. The van der Waals surface area contributed by atoms with Crippen LogP contribution in [0.1, 0.15) is 13.8 Å². The zero-order valence-corrected chi connectivity index (χ0v) is 6.78. The van der Waals surface area contributed by atoms with E-state index in [9.17, 15) is 22.0 Å². The first-order valence-electron chi connectivity index (χ1n) is 3.58. The molecule has 0 saturated carbocycles. The molecule has 0 aromatic rings. The summed E-state index contributed by atoms with van der Waals surface area (Å²) in [7, 11) is 0. The largest absolute Gasteiger partial charge is 0.244 e. The van der Waals surface area contributed by atoms with E-state index in [1.807, 2.05) is 0 Å². The minimum atomic E-state index is -2.73. The Balaban J connectivity index is 4.08. The lowest BCUT2D eigenvalue weighted by atomic mass is 10.1. The van der Waals surface area contributed by atoms with Gasteiger partial charge < -0.3 is 0 Å². The van der Waals surface area contributed by atoms with E-state index >= 15 is 0 Å². The van der Waals surface area contributed by atoms with Gasteiger partial charge in [-0.15, -0.1) is 0 Å². The van der Waals surface area contributed by atoms with E-state index in [1.54, 1.807) is 0 Å². The van der Waals surface area contributed by atoms with Crippen molar-refractivity contribution in [3.8, 4) is 0 Å². The highest BCUT2D eigenvalue weighted by Crippen LogP contribution is 2.20. The Hall–Kier alpha value is -0.350. The van der Waals surface area contributed by atoms with E-state index in [4.69, 9.17) is 0 Å². The lowest BCUT2D eigenvalue weighted by molar-refractivity contribution is 0.00996. The Kier molecular flexibility index (Phi) is 4.49. The van der Waals surface area contributed by atoms with Gasteiger partial charge in [0.25, 0.3) is 0 Å². The van der Waals surface area contributed by atoms with E-state index in [0.29, 0.717) is 0 Å². The van der Waals surface area contributed by atoms with Gasteiger partial charge in [-0.2, -0.15) is 0 Å². The van der Waals surface area contributed by atoms with Crippen LogP contribution in [0, 0.1) is 0 Å². The normalized spacial score (nSPS) is 24.2. The fraction of sp³-hybridized carbons (Fsp3) is 1.00. The number of halogens is 5. The van der Waals surface area contributed by atoms with Gasteiger partial charge in [0, 0.05) is 0 Å². The maximum Gasteiger partial charge on any atom is 0.168 e. The minimum Gasteiger partial charge on any atom is -0.244 e. The molecule has 0 rings (SSSR count). The molecule has 74 valence electrons. The third kappa shape index (κ3) is 2.95. The van der Waals surface area contributed by atoms with Crippen LogP contribution in [0.4, 0.5) is 22.0 Å². The predicted molar refractivity (Wildman–Crippen MR) is 35.8 cm³/mol. The average molecular weight is 190 g/mol. The molecule has 0 aromatic heterocycles. The maximum absolute atomic E-state index is 12.5. The molecule has 12 heavy (non-hydrogen) atoms. The molecule has 0 nitrogen and oxygen atoms in total. The zero-order chi connectivity index (χ0) is 9.89. The van der Waals surface area contributed by atoms with Gasteiger partial charge in [0.15, 0.2) is 18.5 Å². The van der Waals surface area contributed by atoms with E-state index in [-0.39, 0.29) is 0 Å². The smallest absolute Gasteiger partial charge is 0.168 e.